The summed E-state index contributed by atoms with van der Waals surface area (Å²) in [4.78, 5) is 35.8. The molecular weight excluding hydrogens is 498 g/mol. The first-order valence-corrected chi connectivity index (χ1v) is 13.9. The fourth-order valence-corrected chi connectivity index (χ4v) is 5.24. The molecule has 0 unspecified atom stereocenters. The van der Waals surface area contributed by atoms with Gasteiger partial charge in [0, 0.05) is 24.1 Å². The number of aromatic nitrogens is 3. The van der Waals surface area contributed by atoms with Crippen LogP contribution in [0, 0.1) is 5.41 Å². The normalized spacial score (nSPS) is 14.6. The Bertz CT molecular complexity index is 1400. The van der Waals surface area contributed by atoms with Crippen molar-refractivity contribution in [3.05, 3.63) is 46.2 Å². The van der Waals surface area contributed by atoms with Crippen LogP contribution in [0.4, 0.5) is 0 Å². The molecule has 1 aliphatic heterocycles. The number of carboxylic acid groups (broad SMARTS) is 1. The molecule has 0 saturated carbocycles. The Hall–Kier alpha value is -3.62. The minimum absolute atomic E-state index is 0.0883. The Morgan fingerprint density at radius 3 is 2.51 bits per heavy atom. The van der Waals surface area contributed by atoms with E-state index >= 15 is 0 Å². The number of rotatable bonds is 12. The van der Waals surface area contributed by atoms with Gasteiger partial charge in [-0.05, 0) is 31.2 Å². The summed E-state index contributed by atoms with van der Waals surface area (Å²) in [6, 6.07) is 7.14. The van der Waals surface area contributed by atoms with Gasteiger partial charge in [0.05, 0.1) is 37.2 Å². The van der Waals surface area contributed by atoms with E-state index in [9.17, 15) is 19.5 Å². The van der Waals surface area contributed by atoms with Crippen LogP contribution in [-0.4, -0.2) is 44.6 Å². The van der Waals surface area contributed by atoms with Crippen LogP contribution in [-0.2, 0) is 16.1 Å². The number of nitrogens with zero attached hydrogens (tertiary/aromatic N) is 3. The Morgan fingerprint density at radius 2 is 1.82 bits per heavy atom. The Balaban J connectivity index is 1.46. The van der Waals surface area contributed by atoms with Crippen molar-refractivity contribution in [1.29, 1.82) is 0 Å². The molecule has 0 bridgehead atoms. The maximum Gasteiger partial charge on any atom is 0.341 e. The monoisotopic (exact) mass is 537 g/mol. The molecule has 0 spiro atoms. The summed E-state index contributed by atoms with van der Waals surface area (Å²) in [5.41, 5.74) is 1.26. The van der Waals surface area contributed by atoms with Crippen LogP contribution in [0.3, 0.4) is 0 Å². The van der Waals surface area contributed by atoms with Crippen LogP contribution < -0.4 is 10.2 Å². The zero-order valence-corrected chi connectivity index (χ0v) is 23.4. The highest BCUT2D eigenvalue weighted by Gasteiger charge is 2.35. The van der Waals surface area contributed by atoms with Crippen molar-refractivity contribution in [3.8, 4) is 17.1 Å². The maximum atomic E-state index is 12.7. The molecule has 9 heteroatoms. The molecular formula is C30H39N3O6. The maximum absolute atomic E-state index is 12.7. The Morgan fingerprint density at radius 1 is 1.10 bits per heavy atom. The van der Waals surface area contributed by atoms with E-state index in [0.717, 1.165) is 55.1 Å². The van der Waals surface area contributed by atoms with E-state index in [2.05, 4.69) is 20.8 Å². The van der Waals surface area contributed by atoms with Gasteiger partial charge in [0.1, 0.15) is 16.8 Å². The highest BCUT2D eigenvalue weighted by molar-refractivity contribution is 5.96. The lowest BCUT2D eigenvalue weighted by Crippen LogP contribution is -2.35. The molecule has 0 fully saturated rings. The number of carbonyl (C=O) groups excluding carboxylic acids is 1. The predicted molar refractivity (Wildman–Crippen MR) is 149 cm³/mol. The minimum Gasteiger partial charge on any atom is -0.491 e. The standard InChI is InChI=1S/C30H39N3O6/c1-5-38-26(35)15-10-8-6-7-9-11-16-39-24-14-12-13-20-27(24)31-33-19-25(30(2,3)4)32-18-21(29(36)37)23(34)17-22(32)28(20)33/h12-14,17-18,25H,5-11,15-16,19H2,1-4H3,(H,36,37)/t25-/m0/s1. The first kappa shape index (κ1) is 28.4. The molecule has 0 amide bonds. The van der Waals surface area contributed by atoms with Crippen LogP contribution >= 0.6 is 0 Å². The number of hydrogen-bond donors (Lipinski definition) is 1. The van der Waals surface area contributed by atoms with Crippen LogP contribution in [0.15, 0.2) is 35.3 Å². The smallest absolute Gasteiger partial charge is 0.341 e. The fourth-order valence-electron chi connectivity index (χ4n) is 5.24. The topological polar surface area (TPSA) is 113 Å². The summed E-state index contributed by atoms with van der Waals surface area (Å²) < 4.78 is 15.0. The number of esters is 1. The van der Waals surface area contributed by atoms with Gasteiger partial charge in [-0.25, -0.2) is 4.79 Å². The van der Waals surface area contributed by atoms with E-state index < -0.39 is 11.4 Å². The minimum atomic E-state index is -1.22. The zero-order chi connectivity index (χ0) is 28.2. The third kappa shape index (κ3) is 6.34. The molecule has 3 heterocycles. The molecule has 2 aromatic heterocycles. The summed E-state index contributed by atoms with van der Waals surface area (Å²) >= 11 is 0. The second kappa shape index (κ2) is 12.1. The predicted octanol–water partition coefficient (Wildman–Crippen LogP) is 5.84. The average molecular weight is 538 g/mol. The van der Waals surface area contributed by atoms with E-state index in [4.69, 9.17) is 14.6 Å². The van der Waals surface area contributed by atoms with Gasteiger partial charge in [-0.2, -0.15) is 5.10 Å². The number of hydrogen-bond acceptors (Lipinski definition) is 6. The summed E-state index contributed by atoms with van der Waals surface area (Å²) in [6.45, 7) is 9.69. The van der Waals surface area contributed by atoms with Crippen LogP contribution in [0.1, 0.15) is 89.0 Å². The first-order valence-electron chi connectivity index (χ1n) is 13.9. The second-order valence-corrected chi connectivity index (χ2v) is 11.2. The van der Waals surface area contributed by atoms with Crippen molar-refractivity contribution in [2.24, 2.45) is 5.41 Å². The molecule has 1 atom stereocenters. The number of carbonyl (C=O) groups is 2. The van der Waals surface area contributed by atoms with Crippen molar-refractivity contribution < 1.29 is 24.2 Å². The lowest BCUT2D eigenvalue weighted by Gasteiger charge is -2.38. The molecule has 0 saturated heterocycles. The molecule has 0 radical (unpaired) electrons. The average Bonchev–Trinajstić information content (AvgIpc) is 3.26. The molecule has 3 aromatic rings. The van der Waals surface area contributed by atoms with Crippen molar-refractivity contribution in [3.63, 3.8) is 0 Å². The summed E-state index contributed by atoms with van der Waals surface area (Å²) in [6.07, 6.45) is 8.00. The third-order valence-electron chi connectivity index (χ3n) is 7.31. The van der Waals surface area contributed by atoms with Gasteiger partial charge in [-0.15, -0.1) is 0 Å². The molecule has 4 rings (SSSR count). The summed E-state index contributed by atoms with van der Waals surface area (Å²) in [7, 11) is 0. The molecule has 9 nitrogen and oxygen atoms in total. The van der Waals surface area contributed by atoms with Crippen LogP contribution in [0.5, 0.6) is 5.75 Å². The van der Waals surface area contributed by atoms with Gasteiger partial charge in [-0.1, -0.05) is 58.6 Å². The number of carboxylic acids is 1. The van der Waals surface area contributed by atoms with Gasteiger partial charge < -0.3 is 19.1 Å². The molecule has 210 valence electrons. The fraction of sp³-hybridized carbons (Fsp3) is 0.533. The van der Waals surface area contributed by atoms with Gasteiger partial charge in [0.2, 0.25) is 0 Å². The largest absolute Gasteiger partial charge is 0.491 e. The van der Waals surface area contributed by atoms with E-state index in [-0.39, 0.29) is 23.0 Å². The highest BCUT2D eigenvalue weighted by Crippen LogP contribution is 2.43. The first-order chi connectivity index (χ1) is 18.6. The Labute approximate surface area is 228 Å². The lowest BCUT2D eigenvalue weighted by molar-refractivity contribution is -0.143. The number of fused-ring (bicyclic) bond motifs is 5. The zero-order valence-electron chi connectivity index (χ0n) is 23.4. The summed E-state index contributed by atoms with van der Waals surface area (Å²) in [5, 5.41) is 15.3. The van der Waals surface area contributed by atoms with E-state index in [0.29, 0.717) is 37.6 Å². The third-order valence-corrected chi connectivity index (χ3v) is 7.31. The van der Waals surface area contributed by atoms with Crippen molar-refractivity contribution in [2.45, 2.75) is 85.2 Å². The molecule has 0 aliphatic carbocycles. The van der Waals surface area contributed by atoms with Gasteiger partial charge in [-0.3, -0.25) is 14.3 Å². The van der Waals surface area contributed by atoms with E-state index in [1.54, 1.807) is 0 Å². The van der Waals surface area contributed by atoms with Gasteiger partial charge in [0.15, 0.2) is 5.43 Å². The van der Waals surface area contributed by atoms with E-state index in [1.807, 2.05) is 34.4 Å². The van der Waals surface area contributed by atoms with Crippen molar-refractivity contribution >= 4 is 22.8 Å². The van der Waals surface area contributed by atoms with Crippen molar-refractivity contribution in [2.75, 3.05) is 13.2 Å². The summed E-state index contributed by atoms with van der Waals surface area (Å²) in [5.74, 6) is -0.637. The number of benzene rings is 1. The van der Waals surface area contributed by atoms with Crippen LogP contribution in [0.2, 0.25) is 0 Å². The van der Waals surface area contributed by atoms with Crippen molar-refractivity contribution in [1.82, 2.24) is 14.3 Å². The van der Waals surface area contributed by atoms with Gasteiger partial charge in [0.25, 0.3) is 0 Å². The SMILES string of the molecule is CCOC(=O)CCCCCCCCOc1cccc2c3n(nc12)C[C@@H](C(C)(C)C)n1cc(C(=O)O)c(=O)cc1-3. The molecule has 39 heavy (non-hydrogen) atoms. The number of aromatic carboxylic acids is 1. The molecule has 1 aromatic carbocycles. The molecule has 1 aliphatic rings. The Kier molecular flexibility index (Phi) is 8.77. The number of ether oxygens (including phenoxy) is 2. The number of unbranched alkanes of at least 4 members (excludes halogenated alkanes) is 5. The highest BCUT2D eigenvalue weighted by atomic mass is 16.5. The quantitative estimate of drug-likeness (QED) is 0.228. The lowest BCUT2D eigenvalue weighted by atomic mass is 9.85. The number of pyridine rings is 1. The van der Waals surface area contributed by atoms with E-state index in [1.165, 1.54) is 12.3 Å². The van der Waals surface area contributed by atoms with Crippen LogP contribution in [0.25, 0.3) is 22.3 Å². The molecule has 1 N–H and O–H groups in total. The van der Waals surface area contributed by atoms with Gasteiger partial charge >= 0.3 is 11.9 Å². The second-order valence-electron chi connectivity index (χ2n) is 11.2.